The van der Waals surface area contributed by atoms with Gasteiger partial charge in [0.05, 0.1) is 6.54 Å². The molecule has 0 rings (SSSR count). The molecule has 0 fully saturated rings. The second kappa shape index (κ2) is 4.21. The number of carbonyl (C=O) groups excluding carboxylic acids is 1. The molecule has 0 spiro atoms. The van der Waals surface area contributed by atoms with E-state index in [2.05, 4.69) is 4.99 Å². The monoisotopic (exact) mass is 131 g/mol. The Morgan fingerprint density at radius 3 is 2.56 bits per heavy atom. The van der Waals surface area contributed by atoms with Gasteiger partial charge < -0.3 is 0 Å². The first-order valence-electron chi connectivity index (χ1n) is 2.86. The molecule has 0 saturated carbocycles. The zero-order chi connectivity index (χ0) is 7.28. The zero-order valence-electron chi connectivity index (χ0n) is 5.60. The molecule has 2 nitrogen and oxygen atoms in total. The van der Waals surface area contributed by atoms with E-state index >= 15 is 0 Å². The third-order valence-electron chi connectivity index (χ3n) is 1.05. The average molecular weight is 131 g/mol. The van der Waals surface area contributed by atoms with E-state index in [-0.39, 0.29) is 12.5 Å². The Morgan fingerprint density at radius 2 is 2.22 bits per heavy atom. The summed E-state index contributed by atoms with van der Waals surface area (Å²) in [5.41, 5.74) is 0. The van der Waals surface area contributed by atoms with Crippen LogP contribution in [0.25, 0.3) is 0 Å². The standard InChI is InChI=1S/C6H10FNO/c1-5(2)6(7)3-8-4-9/h5-6H,3H2,1-2H3. The van der Waals surface area contributed by atoms with Gasteiger partial charge in [0.25, 0.3) is 0 Å². The van der Waals surface area contributed by atoms with Crippen LogP contribution in [-0.2, 0) is 4.79 Å². The second-order valence-electron chi connectivity index (χ2n) is 2.19. The summed E-state index contributed by atoms with van der Waals surface area (Å²) in [6.07, 6.45) is 0.281. The van der Waals surface area contributed by atoms with Crippen LogP contribution >= 0.6 is 0 Å². The maximum atomic E-state index is 12.4. The predicted octanol–water partition coefficient (Wildman–Crippen LogP) is 1.32. The van der Waals surface area contributed by atoms with Crippen molar-refractivity contribution >= 4 is 6.08 Å². The van der Waals surface area contributed by atoms with E-state index in [1.54, 1.807) is 13.8 Å². The van der Waals surface area contributed by atoms with Crippen molar-refractivity contribution < 1.29 is 9.18 Å². The van der Waals surface area contributed by atoms with Gasteiger partial charge in [-0.05, 0) is 5.92 Å². The lowest BCUT2D eigenvalue weighted by atomic mass is 10.1. The smallest absolute Gasteiger partial charge is 0.235 e. The fourth-order valence-electron chi connectivity index (χ4n) is 0.335. The summed E-state index contributed by atoms with van der Waals surface area (Å²) < 4.78 is 12.4. The van der Waals surface area contributed by atoms with Crippen molar-refractivity contribution in [2.24, 2.45) is 10.9 Å². The average Bonchev–Trinajstić information content (AvgIpc) is 1.82. The van der Waals surface area contributed by atoms with E-state index in [1.165, 1.54) is 6.08 Å². The largest absolute Gasteiger partial charge is 0.245 e. The van der Waals surface area contributed by atoms with Crippen LogP contribution in [0.15, 0.2) is 4.99 Å². The second-order valence-corrected chi connectivity index (χ2v) is 2.19. The van der Waals surface area contributed by atoms with E-state index in [0.717, 1.165) is 0 Å². The summed E-state index contributed by atoms with van der Waals surface area (Å²) in [4.78, 5) is 12.6. The highest BCUT2D eigenvalue weighted by Crippen LogP contribution is 2.04. The molecule has 1 unspecified atom stereocenters. The van der Waals surface area contributed by atoms with E-state index in [4.69, 9.17) is 0 Å². The van der Waals surface area contributed by atoms with Crippen LogP contribution in [0.3, 0.4) is 0 Å². The molecule has 0 bridgehead atoms. The lowest BCUT2D eigenvalue weighted by Gasteiger charge is -2.05. The summed E-state index contributed by atoms with van der Waals surface area (Å²) in [5, 5.41) is 0. The fraction of sp³-hybridized carbons (Fsp3) is 0.833. The Balaban J connectivity index is 3.49. The summed E-state index contributed by atoms with van der Waals surface area (Å²) in [6.45, 7) is 3.43. The van der Waals surface area contributed by atoms with Gasteiger partial charge in [-0.3, -0.25) is 0 Å². The topological polar surface area (TPSA) is 29.4 Å². The maximum absolute atomic E-state index is 12.4. The molecule has 0 aliphatic carbocycles. The molecule has 0 aromatic rings. The number of isocyanates is 1. The van der Waals surface area contributed by atoms with Gasteiger partial charge in [0.1, 0.15) is 6.17 Å². The number of nitrogens with zero attached hydrogens (tertiary/aromatic N) is 1. The summed E-state index contributed by atoms with van der Waals surface area (Å²) in [5.74, 6) is -0.0675. The van der Waals surface area contributed by atoms with Crippen molar-refractivity contribution in [1.82, 2.24) is 0 Å². The van der Waals surface area contributed by atoms with Crippen molar-refractivity contribution in [3.63, 3.8) is 0 Å². The lowest BCUT2D eigenvalue weighted by Crippen LogP contribution is -2.12. The Kier molecular flexibility index (Phi) is 3.89. The number of halogens is 1. The van der Waals surface area contributed by atoms with Gasteiger partial charge in [-0.25, -0.2) is 14.2 Å². The van der Waals surface area contributed by atoms with Gasteiger partial charge in [0, 0.05) is 0 Å². The van der Waals surface area contributed by atoms with Crippen molar-refractivity contribution in [2.45, 2.75) is 20.0 Å². The van der Waals surface area contributed by atoms with Crippen LogP contribution in [-0.4, -0.2) is 18.8 Å². The number of aliphatic imine (C=N–C) groups is 1. The number of rotatable bonds is 3. The lowest BCUT2D eigenvalue weighted by molar-refractivity contribution is 0.264. The van der Waals surface area contributed by atoms with Crippen LogP contribution in [0.1, 0.15) is 13.8 Å². The Bertz CT molecular complexity index is 118. The van der Waals surface area contributed by atoms with Gasteiger partial charge in [-0.2, -0.15) is 0 Å². The minimum Gasteiger partial charge on any atom is -0.245 e. The van der Waals surface area contributed by atoms with Crippen molar-refractivity contribution in [1.29, 1.82) is 0 Å². The van der Waals surface area contributed by atoms with Gasteiger partial charge in [0.15, 0.2) is 0 Å². The van der Waals surface area contributed by atoms with Crippen LogP contribution in [0, 0.1) is 5.92 Å². The molecule has 0 aromatic carbocycles. The molecule has 9 heavy (non-hydrogen) atoms. The van der Waals surface area contributed by atoms with Gasteiger partial charge in [-0.1, -0.05) is 13.8 Å². The SMILES string of the molecule is CC(C)C(F)CN=C=O. The van der Waals surface area contributed by atoms with E-state index < -0.39 is 6.17 Å². The molecule has 3 heteroatoms. The zero-order valence-corrected chi connectivity index (χ0v) is 5.60. The molecule has 0 saturated heterocycles. The molecule has 0 heterocycles. The third-order valence-corrected chi connectivity index (χ3v) is 1.05. The molecule has 0 aromatic heterocycles. The van der Waals surface area contributed by atoms with Gasteiger partial charge in [0.2, 0.25) is 6.08 Å². The predicted molar refractivity (Wildman–Crippen MR) is 32.7 cm³/mol. The molecule has 0 aliphatic heterocycles. The highest BCUT2D eigenvalue weighted by Gasteiger charge is 2.09. The van der Waals surface area contributed by atoms with Gasteiger partial charge >= 0.3 is 0 Å². The molecule has 1 atom stereocenters. The van der Waals surface area contributed by atoms with Crippen molar-refractivity contribution in [2.75, 3.05) is 6.54 Å². The minimum absolute atomic E-state index is 0.0544. The number of alkyl halides is 1. The summed E-state index contributed by atoms with van der Waals surface area (Å²) in [6, 6.07) is 0. The molecule has 0 amide bonds. The van der Waals surface area contributed by atoms with Crippen molar-refractivity contribution in [3.8, 4) is 0 Å². The van der Waals surface area contributed by atoms with E-state index in [0.29, 0.717) is 0 Å². The molecule has 0 N–H and O–H groups in total. The van der Waals surface area contributed by atoms with E-state index in [9.17, 15) is 9.18 Å². The highest BCUT2D eigenvalue weighted by molar-refractivity contribution is 5.32. The first kappa shape index (κ1) is 8.31. The third kappa shape index (κ3) is 3.86. The number of hydrogen-bond acceptors (Lipinski definition) is 2. The minimum atomic E-state index is -1.01. The van der Waals surface area contributed by atoms with Crippen LogP contribution in [0.2, 0.25) is 0 Å². The Labute approximate surface area is 53.8 Å². The molecule has 0 aliphatic rings. The fourth-order valence-corrected chi connectivity index (χ4v) is 0.335. The molecular weight excluding hydrogens is 121 g/mol. The number of hydrogen-bond donors (Lipinski definition) is 0. The quantitative estimate of drug-likeness (QED) is 0.419. The van der Waals surface area contributed by atoms with Crippen LogP contribution in [0.5, 0.6) is 0 Å². The molecule has 52 valence electrons. The maximum Gasteiger partial charge on any atom is 0.235 e. The Hall–Kier alpha value is -0.690. The Morgan fingerprint density at radius 1 is 1.67 bits per heavy atom. The van der Waals surface area contributed by atoms with Crippen LogP contribution in [0.4, 0.5) is 4.39 Å². The van der Waals surface area contributed by atoms with E-state index in [1.807, 2.05) is 0 Å². The summed E-state index contributed by atoms with van der Waals surface area (Å²) >= 11 is 0. The molecular formula is C6H10FNO. The van der Waals surface area contributed by atoms with Crippen molar-refractivity contribution in [3.05, 3.63) is 0 Å². The first-order valence-corrected chi connectivity index (χ1v) is 2.86. The first-order chi connectivity index (χ1) is 4.18. The normalized spacial score (nSPS) is 12.9. The van der Waals surface area contributed by atoms with Gasteiger partial charge in [-0.15, -0.1) is 0 Å². The van der Waals surface area contributed by atoms with Crippen LogP contribution < -0.4 is 0 Å². The highest BCUT2D eigenvalue weighted by atomic mass is 19.1. The summed E-state index contributed by atoms with van der Waals surface area (Å²) in [7, 11) is 0. The molecule has 0 radical (unpaired) electrons.